The minimum Gasteiger partial charge on any atom is -0.0886 e. The molecule has 120 valence electrons. The smallest absolute Gasteiger partial charge is 0.0886 e. The molecular formula is C18H26Cl2SiTi. The third-order valence-electron chi connectivity index (χ3n) is 5.38. The number of allylic oxidation sites excluding steroid dienone is 8. The molecule has 2 unspecified atom stereocenters. The van der Waals surface area contributed by atoms with Gasteiger partial charge in [0, 0.05) is 43.6 Å². The quantitative estimate of drug-likeness (QED) is 0.533. The molecule has 2 aliphatic carbocycles. The van der Waals surface area contributed by atoms with E-state index in [9.17, 15) is 0 Å². The Hall–Kier alpha value is 0.471. The zero-order valence-electron chi connectivity index (χ0n) is 14.5. The number of rotatable bonds is 4. The summed E-state index contributed by atoms with van der Waals surface area (Å²) in [6, 6.07) is 0. The first-order chi connectivity index (χ1) is 9.84. The van der Waals surface area contributed by atoms with Crippen LogP contribution in [0.2, 0.25) is 0 Å². The zero-order chi connectivity index (χ0) is 15.9. The first-order valence-corrected chi connectivity index (χ1v) is 10.2. The molecule has 4 heteroatoms. The van der Waals surface area contributed by atoms with Crippen LogP contribution in [-0.4, -0.2) is 9.52 Å². The second-order valence-corrected chi connectivity index (χ2v) is 8.89. The number of hydrogen-bond donors (Lipinski definition) is 0. The SMILES string of the molecule is CCC1=C(C)C(C)C(Cl)=C1[SiH2]C1=C(Cl)C(C)C(C)=C1CC.[Ti]. The molecule has 22 heavy (non-hydrogen) atoms. The molecule has 0 N–H and O–H groups in total. The monoisotopic (exact) mass is 388 g/mol. The van der Waals surface area contributed by atoms with Crippen LogP contribution in [0.5, 0.6) is 0 Å². The Bertz CT molecular complexity index is 544. The molecule has 2 aliphatic rings. The van der Waals surface area contributed by atoms with Gasteiger partial charge >= 0.3 is 0 Å². The first kappa shape index (κ1) is 20.5. The van der Waals surface area contributed by atoms with E-state index in [4.69, 9.17) is 23.2 Å². The van der Waals surface area contributed by atoms with Gasteiger partial charge in [-0.15, -0.1) is 0 Å². The van der Waals surface area contributed by atoms with Crippen LogP contribution in [-0.2, 0) is 21.7 Å². The van der Waals surface area contributed by atoms with E-state index in [1.807, 2.05) is 0 Å². The maximum Gasteiger partial charge on any atom is 0.0913 e. The molecule has 0 heterocycles. The maximum absolute atomic E-state index is 6.68. The molecule has 0 aromatic heterocycles. The van der Waals surface area contributed by atoms with Gasteiger partial charge in [0.25, 0.3) is 0 Å². The van der Waals surface area contributed by atoms with E-state index in [-0.39, 0.29) is 21.7 Å². The minimum absolute atomic E-state index is 0. The molecule has 0 aliphatic heterocycles. The van der Waals surface area contributed by atoms with E-state index in [1.165, 1.54) is 32.7 Å². The molecule has 0 spiro atoms. The third kappa shape index (κ3) is 3.30. The van der Waals surface area contributed by atoms with Crippen LogP contribution in [0.25, 0.3) is 0 Å². The van der Waals surface area contributed by atoms with E-state index in [1.54, 1.807) is 0 Å². The molecule has 0 saturated heterocycles. The van der Waals surface area contributed by atoms with Crippen molar-refractivity contribution in [3.63, 3.8) is 0 Å². The topological polar surface area (TPSA) is 0 Å². The molecule has 0 radical (unpaired) electrons. The Balaban J connectivity index is 0.00000242. The second kappa shape index (κ2) is 8.03. The molecule has 2 atom stereocenters. The summed E-state index contributed by atoms with van der Waals surface area (Å²) in [7, 11) is -0.595. The van der Waals surface area contributed by atoms with Crippen LogP contribution in [0.4, 0.5) is 0 Å². The summed E-state index contributed by atoms with van der Waals surface area (Å²) in [5, 5.41) is 5.09. The molecule has 0 saturated carbocycles. The van der Waals surface area contributed by atoms with Gasteiger partial charge in [-0.05, 0) is 48.2 Å². The van der Waals surface area contributed by atoms with Gasteiger partial charge < -0.3 is 0 Å². The number of hydrogen-bond acceptors (Lipinski definition) is 0. The van der Waals surface area contributed by atoms with E-state index in [0.717, 1.165) is 22.9 Å². The molecular weight excluding hydrogens is 363 g/mol. The van der Waals surface area contributed by atoms with Crippen molar-refractivity contribution in [1.82, 2.24) is 0 Å². The molecule has 0 aromatic carbocycles. The normalized spacial score (nSPS) is 26.2. The summed E-state index contributed by atoms with van der Waals surface area (Å²) >= 11 is 13.4. The van der Waals surface area contributed by atoms with Crippen LogP contribution in [0.3, 0.4) is 0 Å². The molecule has 0 nitrogen and oxygen atoms in total. The molecule has 0 fully saturated rings. The first-order valence-electron chi connectivity index (χ1n) is 8.02. The van der Waals surface area contributed by atoms with E-state index in [0.29, 0.717) is 11.8 Å². The Labute approximate surface area is 162 Å². The fourth-order valence-electron chi connectivity index (χ4n) is 3.73. The molecule has 2 rings (SSSR count). The maximum atomic E-state index is 6.68. The summed E-state index contributed by atoms with van der Waals surface area (Å²) in [6.07, 6.45) is 2.17. The van der Waals surface area contributed by atoms with Crippen molar-refractivity contribution in [2.24, 2.45) is 11.8 Å². The van der Waals surface area contributed by atoms with Crippen molar-refractivity contribution in [3.8, 4) is 0 Å². The standard InChI is InChI=1S/C18H26Cl2Si.Ti/c1-7-13-9(3)11(5)15(19)17(13)21-18-14(8-2)10(4)12(6)16(18)20;/h11-12H,7-8,21H2,1-6H3;. The van der Waals surface area contributed by atoms with E-state index < -0.39 is 9.52 Å². The van der Waals surface area contributed by atoms with Gasteiger partial charge in [-0.2, -0.15) is 0 Å². The number of halogens is 2. The van der Waals surface area contributed by atoms with Gasteiger partial charge in [0.15, 0.2) is 0 Å². The van der Waals surface area contributed by atoms with Crippen LogP contribution in [0.15, 0.2) is 42.7 Å². The fourth-order valence-corrected chi connectivity index (χ4v) is 7.48. The van der Waals surface area contributed by atoms with Crippen molar-refractivity contribution >= 4 is 32.7 Å². The summed E-state index contributed by atoms with van der Waals surface area (Å²) in [6.45, 7) is 13.4. The Morgan fingerprint density at radius 2 is 1.14 bits per heavy atom. The second-order valence-electron chi connectivity index (χ2n) is 6.30. The van der Waals surface area contributed by atoms with Gasteiger partial charge in [-0.3, -0.25) is 0 Å². The molecule has 0 bridgehead atoms. The zero-order valence-corrected chi connectivity index (χ0v) is 19.0. The molecule has 0 aromatic rings. The Morgan fingerprint density at radius 3 is 1.41 bits per heavy atom. The predicted molar refractivity (Wildman–Crippen MR) is 98.6 cm³/mol. The largest absolute Gasteiger partial charge is 0.0913 e. The third-order valence-corrected chi connectivity index (χ3v) is 9.26. The van der Waals surface area contributed by atoms with Crippen molar-refractivity contribution in [3.05, 3.63) is 42.7 Å². The minimum atomic E-state index is -0.595. The van der Waals surface area contributed by atoms with Crippen molar-refractivity contribution in [2.75, 3.05) is 0 Å². The van der Waals surface area contributed by atoms with E-state index >= 15 is 0 Å². The summed E-state index contributed by atoms with van der Waals surface area (Å²) in [4.78, 5) is 0. The summed E-state index contributed by atoms with van der Waals surface area (Å²) in [5.41, 5.74) is 5.94. The van der Waals surface area contributed by atoms with Gasteiger partial charge in [-0.1, -0.05) is 62.0 Å². The van der Waals surface area contributed by atoms with Crippen LogP contribution >= 0.6 is 23.2 Å². The Morgan fingerprint density at radius 1 is 0.818 bits per heavy atom. The van der Waals surface area contributed by atoms with Crippen molar-refractivity contribution in [1.29, 1.82) is 0 Å². The fraction of sp³-hybridized carbons (Fsp3) is 0.556. The average molecular weight is 389 g/mol. The predicted octanol–water partition coefficient (Wildman–Crippen LogP) is 5.81. The van der Waals surface area contributed by atoms with E-state index in [2.05, 4.69) is 41.5 Å². The summed E-state index contributed by atoms with van der Waals surface area (Å²) < 4.78 is 0. The molecule has 0 amide bonds. The van der Waals surface area contributed by atoms with Gasteiger partial charge in [0.1, 0.15) is 0 Å². The van der Waals surface area contributed by atoms with Crippen molar-refractivity contribution in [2.45, 2.75) is 54.4 Å². The van der Waals surface area contributed by atoms with Crippen LogP contribution in [0, 0.1) is 11.8 Å². The Kier molecular flexibility index (Phi) is 7.49. The van der Waals surface area contributed by atoms with Gasteiger partial charge in [-0.25, -0.2) is 0 Å². The van der Waals surface area contributed by atoms with Gasteiger partial charge in [0.2, 0.25) is 0 Å². The van der Waals surface area contributed by atoms with Gasteiger partial charge in [0.05, 0.1) is 9.52 Å². The van der Waals surface area contributed by atoms with Crippen molar-refractivity contribution < 1.29 is 21.7 Å². The van der Waals surface area contributed by atoms with Crippen LogP contribution in [0.1, 0.15) is 54.4 Å². The van der Waals surface area contributed by atoms with Crippen LogP contribution < -0.4 is 0 Å². The summed E-state index contributed by atoms with van der Waals surface area (Å²) in [5.74, 6) is 0.801. The average Bonchev–Trinajstić information content (AvgIpc) is 2.80.